The Kier molecular flexibility index (Phi) is 3.34. The number of hydrogen-bond acceptors (Lipinski definition) is 3. The first-order valence-corrected chi connectivity index (χ1v) is 9.01. The van der Waals surface area contributed by atoms with Gasteiger partial charge in [0.1, 0.15) is 6.04 Å². The molecule has 4 heteroatoms. The van der Waals surface area contributed by atoms with Crippen LogP contribution in [0.5, 0.6) is 0 Å². The van der Waals surface area contributed by atoms with E-state index in [0.717, 1.165) is 29.2 Å². The van der Waals surface area contributed by atoms with Crippen LogP contribution in [0.15, 0.2) is 17.5 Å². The highest BCUT2D eigenvalue weighted by Gasteiger charge is 2.50. The third-order valence-corrected chi connectivity index (χ3v) is 6.86. The second kappa shape index (κ2) is 5.10. The van der Waals surface area contributed by atoms with Crippen molar-refractivity contribution in [3.8, 4) is 0 Å². The molecule has 3 nitrogen and oxygen atoms in total. The maximum Gasteiger partial charge on any atom is 0.326 e. The molecular weight excluding hydrogens is 282 g/mol. The van der Waals surface area contributed by atoms with Crippen LogP contribution in [-0.2, 0) is 4.79 Å². The first-order valence-electron chi connectivity index (χ1n) is 8.13. The molecule has 0 spiro atoms. The molecule has 0 aromatic carbocycles. The van der Waals surface area contributed by atoms with E-state index in [9.17, 15) is 9.90 Å². The van der Waals surface area contributed by atoms with Crippen LogP contribution in [0.25, 0.3) is 0 Å². The number of carbonyl (C=O) groups is 1. The molecule has 21 heavy (non-hydrogen) atoms. The van der Waals surface area contributed by atoms with Crippen molar-refractivity contribution >= 4 is 17.3 Å². The van der Waals surface area contributed by atoms with Gasteiger partial charge in [-0.05, 0) is 73.1 Å². The average Bonchev–Trinajstić information content (AvgIpc) is 2.90. The van der Waals surface area contributed by atoms with Gasteiger partial charge in [0, 0.05) is 11.4 Å². The molecule has 2 N–H and O–H groups in total. The van der Waals surface area contributed by atoms with Gasteiger partial charge < -0.3 is 5.11 Å². The van der Waals surface area contributed by atoms with Gasteiger partial charge in [-0.15, -0.1) is 11.3 Å². The molecular formula is C17H23NO2S. The Hall–Kier alpha value is -0.870. The summed E-state index contributed by atoms with van der Waals surface area (Å²) in [5.41, 5.74) is 0.389. The van der Waals surface area contributed by atoms with Gasteiger partial charge in [0.05, 0.1) is 0 Å². The zero-order valence-corrected chi connectivity index (χ0v) is 13.1. The predicted octanol–water partition coefficient (Wildman–Crippen LogP) is 3.68. The highest BCUT2D eigenvalue weighted by atomic mass is 32.1. The van der Waals surface area contributed by atoms with E-state index in [2.05, 4.69) is 5.32 Å². The molecule has 4 fully saturated rings. The number of carboxylic acids is 1. The smallest absolute Gasteiger partial charge is 0.326 e. The summed E-state index contributed by atoms with van der Waals surface area (Å²) in [6.45, 7) is 0.880. The van der Waals surface area contributed by atoms with Crippen LogP contribution in [0.1, 0.15) is 49.4 Å². The van der Waals surface area contributed by atoms with Gasteiger partial charge in [-0.1, -0.05) is 6.07 Å². The molecule has 114 valence electrons. The molecule has 4 bridgehead atoms. The molecule has 4 saturated carbocycles. The van der Waals surface area contributed by atoms with Crippen LogP contribution >= 0.6 is 11.3 Å². The normalized spacial score (nSPS) is 38.6. The molecule has 0 radical (unpaired) electrons. The van der Waals surface area contributed by atoms with Crippen molar-refractivity contribution < 1.29 is 9.90 Å². The Morgan fingerprint density at radius 3 is 2.38 bits per heavy atom. The van der Waals surface area contributed by atoms with Crippen LogP contribution in [0.4, 0.5) is 0 Å². The summed E-state index contributed by atoms with van der Waals surface area (Å²) in [6, 6.07) is 3.33. The fourth-order valence-corrected chi connectivity index (χ4v) is 6.38. The Bertz CT molecular complexity index is 490. The predicted molar refractivity (Wildman–Crippen MR) is 83.3 cm³/mol. The molecule has 4 aliphatic rings. The Morgan fingerprint density at radius 2 is 1.90 bits per heavy atom. The monoisotopic (exact) mass is 305 g/mol. The van der Waals surface area contributed by atoms with Crippen molar-refractivity contribution in [2.24, 2.45) is 23.2 Å². The van der Waals surface area contributed by atoms with Crippen LogP contribution in [0.2, 0.25) is 0 Å². The quantitative estimate of drug-likeness (QED) is 0.872. The summed E-state index contributed by atoms with van der Waals surface area (Å²) in [5.74, 6) is 2.01. The summed E-state index contributed by atoms with van der Waals surface area (Å²) in [6.07, 6.45) is 8.28. The molecule has 1 heterocycles. The van der Waals surface area contributed by atoms with E-state index >= 15 is 0 Å². The molecule has 1 unspecified atom stereocenters. The zero-order chi connectivity index (χ0) is 14.4. The fourth-order valence-electron chi connectivity index (χ4n) is 5.59. The van der Waals surface area contributed by atoms with E-state index in [-0.39, 0.29) is 0 Å². The van der Waals surface area contributed by atoms with Gasteiger partial charge in [0.15, 0.2) is 0 Å². The maximum absolute atomic E-state index is 11.6. The summed E-state index contributed by atoms with van der Waals surface area (Å²) in [7, 11) is 0. The fraction of sp³-hybridized carbons (Fsp3) is 0.706. The number of hydrogen-bond donors (Lipinski definition) is 2. The van der Waals surface area contributed by atoms with E-state index in [4.69, 9.17) is 0 Å². The minimum Gasteiger partial charge on any atom is -0.480 e. The third kappa shape index (κ3) is 2.53. The van der Waals surface area contributed by atoms with E-state index in [1.54, 1.807) is 0 Å². The SMILES string of the molecule is O=C(O)C(NCC12CC3CC(CC(C3)C1)C2)c1cccs1. The van der Waals surface area contributed by atoms with Crippen molar-refractivity contribution in [2.45, 2.75) is 44.6 Å². The maximum atomic E-state index is 11.6. The van der Waals surface area contributed by atoms with Gasteiger partial charge >= 0.3 is 5.97 Å². The van der Waals surface area contributed by atoms with Crippen LogP contribution in [-0.4, -0.2) is 17.6 Å². The number of nitrogens with one attached hydrogen (secondary N) is 1. The van der Waals surface area contributed by atoms with E-state index in [1.807, 2.05) is 17.5 Å². The van der Waals surface area contributed by atoms with Gasteiger partial charge in [0.2, 0.25) is 0 Å². The number of carboxylic acid groups (broad SMARTS) is 1. The Balaban J connectivity index is 1.47. The van der Waals surface area contributed by atoms with E-state index in [0.29, 0.717) is 5.41 Å². The molecule has 0 aliphatic heterocycles. The minimum absolute atomic E-state index is 0.389. The highest BCUT2D eigenvalue weighted by molar-refractivity contribution is 7.10. The highest BCUT2D eigenvalue weighted by Crippen LogP contribution is 2.59. The van der Waals surface area contributed by atoms with Gasteiger partial charge in [0.25, 0.3) is 0 Å². The second-order valence-corrected chi connectivity index (χ2v) is 8.56. The van der Waals surface area contributed by atoms with Crippen LogP contribution in [0.3, 0.4) is 0 Å². The summed E-state index contributed by atoms with van der Waals surface area (Å²) in [4.78, 5) is 12.5. The second-order valence-electron chi connectivity index (χ2n) is 7.59. The Labute approximate surface area is 129 Å². The number of thiophene rings is 1. The third-order valence-electron chi connectivity index (χ3n) is 5.92. The van der Waals surface area contributed by atoms with Gasteiger partial charge in [-0.25, -0.2) is 0 Å². The van der Waals surface area contributed by atoms with Gasteiger partial charge in [-0.3, -0.25) is 10.1 Å². The molecule has 5 rings (SSSR count). The summed E-state index contributed by atoms with van der Waals surface area (Å²) in [5, 5.41) is 14.8. The summed E-state index contributed by atoms with van der Waals surface area (Å²) < 4.78 is 0. The van der Waals surface area contributed by atoms with Crippen molar-refractivity contribution in [2.75, 3.05) is 6.54 Å². The standard InChI is InChI=1S/C17H23NO2S/c19-16(20)15(14-2-1-3-21-14)18-10-17-7-11-4-12(8-17)6-13(5-11)9-17/h1-3,11-13,15,18H,4-10H2,(H,19,20). The molecule has 1 atom stereocenters. The van der Waals surface area contributed by atoms with Crippen LogP contribution in [0, 0.1) is 23.2 Å². The van der Waals surface area contributed by atoms with Crippen LogP contribution < -0.4 is 5.32 Å². The number of rotatable bonds is 5. The number of aliphatic carboxylic acids is 1. The molecule has 1 aromatic rings. The molecule has 1 aromatic heterocycles. The van der Waals surface area contributed by atoms with Gasteiger partial charge in [-0.2, -0.15) is 0 Å². The van der Waals surface area contributed by atoms with E-state index < -0.39 is 12.0 Å². The lowest BCUT2D eigenvalue weighted by molar-refractivity contribution is -0.140. The lowest BCUT2D eigenvalue weighted by Gasteiger charge is -2.57. The molecule has 0 saturated heterocycles. The van der Waals surface area contributed by atoms with Crippen molar-refractivity contribution in [1.82, 2.24) is 5.32 Å². The largest absolute Gasteiger partial charge is 0.480 e. The first-order chi connectivity index (χ1) is 10.1. The first kappa shape index (κ1) is 13.8. The van der Waals surface area contributed by atoms with Crippen molar-refractivity contribution in [3.63, 3.8) is 0 Å². The lowest BCUT2D eigenvalue weighted by Crippen LogP contribution is -2.51. The molecule has 0 amide bonds. The summed E-state index contributed by atoms with van der Waals surface area (Å²) >= 11 is 1.53. The Morgan fingerprint density at radius 1 is 1.29 bits per heavy atom. The topological polar surface area (TPSA) is 49.3 Å². The van der Waals surface area contributed by atoms with Crippen molar-refractivity contribution in [3.05, 3.63) is 22.4 Å². The minimum atomic E-state index is -0.748. The molecule has 4 aliphatic carbocycles. The zero-order valence-electron chi connectivity index (χ0n) is 12.3. The lowest BCUT2D eigenvalue weighted by atomic mass is 9.49. The van der Waals surface area contributed by atoms with Crippen molar-refractivity contribution in [1.29, 1.82) is 0 Å². The average molecular weight is 305 g/mol. The van der Waals surface area contributed by atoms with E-state index in [1.165, 1.54) is 49.9 Å².